The zero-order chi connectivity index (χ0) is 46.7. The summed E-state index contributed by atoms with van der Waals surface area (Å²) in [5.74, 6) is 0.524. The van der Waals surface area contributed by atoms with Crippen LogP contribution in [0.5, 0.6) is 17.2 Å². The molecule has 2 fully saturated rings. The van der Waals surface area contributed by atoms with E-state index in [1.54, 1.807) is 19.2 Å². The molecule has 10 atom stereocenters. The Hall–Kier alpha value is -5.37. The van der Waals surface area contributed by atoms with Crippen LogP contribution < -0.4 is 25.7 Å². The maximum absolute atomic E-state index is 13.9. The summed E-state index contributed by atoms with van der Waals surface area (Å²) < 4.78 is 14.0. The topological polar surface area (TPSA) is 256 Å². The van der Waals surface area contributed by atoms with Crippen molar-refractivity contribution in [2.45, 2.75) is 100 Å². The smallest absolute Gasteiger partial charge is 0.220 e. The highest BCUT2D eigenvalue weighted by Gasteiger charge is 2.57. The molecule has 66 heavy (non-hydrogen) atoms. The van der Waals surface area contributed by atoms with Gasteiger partial charge in [-0.15, -0.1) is 0 Å². The third kappa shape index (κ3) is 8.04. The van der Waals surface area contributed by atoms with Crippen LogP contribution in [0.2, 0.25) is 0 Å². The van der Waals surface area contributed by atoms with Gasteiger partial charge in [0.15, 0.2) is 16.8 Å². The predicted molar refractivity (Wildman–Crippen MR) is 243 cm³/mol. The number of amides is 1. The van der Waals surface area contributed by atoms with Crippen LogP contribution in [0.1, 0.15) is 55.9 Å². The highest BCUT2D eigenvalue weighted by atomic mass is 17.2. The maximum atomic E-state index is 13.9. The number of phenols is 2. The van der Waals surface area contributed by atoms with Gasteiger partial charge in [-0.2, -0.15) is 0 Å². The Morgan fingerprint density at radius 2 is 1.86 bits per heavy atom. The number of aliphatic imine (C=N–C) groups is 1. The van der Waals surface area contributed by atoms with Crippen LogP contribution >= 0.6 is 0 Å². The van der Waals surface area contributed by atoms with Crippen LogP contribution in [0.4, 0.5) is 5.69 Å². The molecule has 5 aliphatic rings. The molecule has 9 N–H and O–H groups in total. The quantitative estimate of drug-likeness (QED) is 0.0614. The zero-order valence-corrected chi connectivity index (χ0v) is 37.1. The van der Waals surface area contributed by atoms with Crippen molar-refractivity contribution >= 4 is 39.6 Å². The number of carbonyl (C=O) groups excluding carboxylic acids is 1. The zero-order valence-electron chi connectivity index (χ0n) is 37.1. The van der Waals surface area contributed by atoms with Crippen molar-refractivity contribution in [2.24, 2.45) is 22.7 Å². The number of hydrogen-bond donors (Lipinski definition) is 9. The lowest BCUT2D eigenvalue weighted by atomic mass is 9.63. The van der Waals surface area contributed by atoms with Gasteiger partial charge < -0.3 is 60.4 Å². The third-order valence-corrected chi connectivity index (χ3v) is 14.6. The minimum Gasteiger partial charge on any atom is -0.508 e. The Labute approximate surface area is 380 Å². The number of fused-ring (bicyclic) bond motifs is 4. The van der Waals surface area contributed by atoms with E-state index in [1.807, 2.05) is 19.3 Å². The van der Waals surface area contributed by atoms with E-state index in [2.05, 4.69) is 27.4 Å². The minimum absolute atomic E-state index is 0.0120. The molecule has 3 aromatic carbocycles. The molecule has 17 nitrogen and oxygen atoms in total. The van der Waals surface area contributed by atoms with Crippen molar-refractivity contribution in [1.29, 1.82) is 0 Å². The number of phenolic OH excluding ortho intramolecular Hbond substituents is 2. The molecule has 1 saturated carbocycles. The lowest BCUT2D eigenvalue weighted by molar-refractivity contribution is -0.378. The van der Waals surface area contributed by atoms with Gasteiger partial charge in [0.1, 0.15) is 65.2 Å². The summed E-state index contributed by atoms with van der Waals surface area (Å²) in [4.78, 5) is 45.8. The number of nitrogens with one attached hydrogen (secondary N) is 2. The summed E-state index contributed by atoms with van der Waals surface area (Å²) in [6.45, 7) is 3.12. The fourth-order valence-corrected chi connectivity index (χ4v) is 11.1. The largest absolute Gasteiger partial charge is 0.508 e. The number of benzene rings is 3. The van der Waals surface area contributed by atoms with E-state index >= 15 is 0 Å². The molecule has 5 heterocycles. The van der Waals surface area contributed by atoms with E-state index in [0.717, 1.165) is 17.7 Å². The summed E-state index contributed by atoms with van der Waals surface area (Å²) in [5.41, 5.74) is -0.0763. The number of hydrogen-bond acceptors (Lipinski definition) is 16. The van der Waals surface area contributed by atoms with Gasteiger partial charge in [0.05, 0.1) is 23.7 Å². The van der Waals surface area contributed by atoms with Crippen LogP contribution in [-0.2, 0) is 27.4 Å². The van der Waals surface area contributed by atoms with Crippen molar-refractivity contribution in [3.05, 3.63) is 93.1 Å². The fraction of sp³-hybridized carbons (Fsp3) is 0.490. The molecule has 4 aromatic rings. The molecular formula is C49H58N4O13. The number of allylic oxidation sites excluding steroid dienone is 1. The number of ether oxygens (including phenoxy) is 1. The van der Waals surface area contributed by atoms with Gasteiger partial charge in [-0.25, -0.2) is 9.78 Å². The summed E-state index contributed by atoms with van der Waals surface area (Å²) in [6, 6.07) is 10.2. The lowest BCUT2D eigenvalue weighted by Crippen LogP contribution is -2.63. The molecular weight excluding hydrogens is 853 g/mol. The SMILES string of the molecule is CCC1C2=CC=NC2=CN1c1c2c(cc3c(=O)cc(C)oc13)C[C@@H](OOC[C@@](O)(Cc1ccc(O)c3ccc(O)cc13)[C@@H](O)[C@H](O)[C@H](O)CO)[C@@]1(C[C@H]([C@@H]3CNC(=O)C3)CC[C@@H]1CNC)O2. The molecule has 1 unspecified atom stereocenters. The first-order chi connectivity index (χ1) is 31.7. The van der Waals surface area contributed by atoms with Gasteiger partial charge in [0.2, 0.25) is 5.91 Å². The predicted octanol–water partition coefficient (Wildman–Crippen LogP) is 2.93. The second-order valence-corrected chi connectivity index (χ2v) is 18.7. The Bertz CT molecular complexity index is 2680. The van der Waals surface area contributed by atoms with E-state index in [0.29, 0.717) is 88.8 Å². The number of anilines is 1. The summed E-state index contributed by atoms with van der Waals surface area (Å²) in [7, 11) is 1.86. The highest BCUT2D eigenvalue weighted by molar-refractivity contribution is 5.97. The van der Waals surface area contributed by atoms with Crippen molar-refractivity contribution in [2.75, 3.05) is 38.3 Å². The maximum Gasteiger partial charge on any atom is 0.220 e. The molecule has 0 radical (unpaired) electrons. The number of aliphatic hydroxyl groups is 5. The number of nitrogens with zero attached hydrogens (tertiary/aromatic N) is 2. The first-order valence-electron chi connectivity index (χ1n) is 22.7. The number of rotatable bonds is 15. The van der Waals surface area contributed by atoms with Gasteiger partial charge in [-0.05, 0) is 98.8 Å². The van der Waals surface area contributed by atoms with Crippen molar-refractivity contribution in [3.63, 3.8) is 0 Å². The highest BCUT2D eigenvalue weighted by Crippen LogP contribution is 2.55. The van der Waals surface area contributed by atoms with E-state index in [4.69, 9.17) is 18.9 Å². The van der Waals surface area contributed by atoms with Crippen LogP contribution in [0.3, 0.4) is 0 Å². The number of carbonyl (C=O) groups is 1. The standard InChI is InChI=1S/C49H58N4O13/c1-4-37-33-11-12-51-36(33)22-53(37)43-45-28(14-35-39(57)13-25(2)64-46(35)43)15-41(49(65-45)19-26(5-7-30(49)21-50-3)29-16-42(59)52-20-29)66-63-24-48(62,47(61)44(60)40(58)23-54)18-27-6-10-38(56)32-9-8-31(55)17-34(27)32/h6,8-14,17,22,26,29-30,37,40-41,44,47,50,54-56,58,60-62H,4-5,7,15-16,18-21,23-24H2,1-3H3,(H,52,59)/t26-,29+,30-,37?,40-,41-,44-,47+,48+,49+/m1/s1. The molecule has 9 rings (SSSR count). The Kier molecular flexibility index (Phi) is 12.5. The normalized spacial score (nSPS) is 27.0. The van der Waals surface area contributed by atoms with Gasteiger partial charge in [-0.3, -0.25) is 14.6 Å². The molecule has 0 bridgehead atoms. The number of aromatic hydroxyl groups is 2. The van der Waals surface area contributed by atoms with Gasteiger partial charge in [-0.1, -0.05) is 13.0 Å². The molecule has 352 valence electrons. The molecule has 1 aliphatic carbocycles. The molecule has 1 amide bonds. The van der Waals surface area contributed by atoms with Crippen LogP contribution in [0, 0.1) is 24.7 Å². The van der Waals surface area contributed by atoms with Crippen molar-refractivity contribution in [3.8, 4) is 17.2 Å². The van der Waals surface area contributed by atoms with Crippen molar-refractivity contribution in [1.82, 2.24) is 10.6 Å². The summed E-state index contributed by atoms with van der Waals surface area (Å²) in [5, 5.41) is 83.7. The van der Waals surface area contributed by atoms with E-state index in [9.17, 15) is 45.3 Å². The monoisotopic (exact) mass is 910 g/mol. The van der Waals surface area contributed by atoms with Crippen LogP contribution in [0.25, 0.3) is 21.7 Å². The first-order valence-corrected chi connectivity index (χ1v) is 22.7. The van der Waals surface area contributed by atoms with Gasteiger partial charge in [0.25, 0.3) is 0 Å². The Morgan fingerprint density at radius 3 is 2.61 bits per heavy atom. The first kappa shape index (κ1) is 45.8. The van der Waals surface area contributed by atoms with Gasteiger partial charge in [0, 0.05) is 73.3 Å². The molecule has 17 heteroatoms. The molecule has 1 aromatic heterocycles. The number of aliphatic hydroxyl groups excluding tert-OH is 4. The van der Waals surface area contributed by atoms with Crippen LogP contribution in [-0.4, -0.2) is 123 Å². The minimum atomic E-state index is -2.42. The second kappa shape index (κ2) is 18.0. The summed E-state index contributed by atoms with van der Waals surface area (Å²) >= 11 is 0. The molecule has 1 spiro atoms. The van der Waals surface area contributed by atoms with Crippen molar-refractivity contribution < 1.29 is 59.5 Å². The van der Waals surface area contributed by atoms with Crippen LogP contribution in [0.15, 0.2) is 80.2 Å². The average molecular weight is 911 g/mol. The van der Waals surface area contributed by atoms with E-state index in [-0.39, 0.29) is 53.1 Å². The fourth-order valence-electron chi connectivity index (χ4n) is 11.1. The third-order valence-electron chi connectivity index (χ3n) is 14.6. The van der Waals surface area contributed by atoms with Gasteiger partial charge >= 0.3 is 0 Å². The Morgan fingerprint density at radius 1 is 1.05 bits per heavy atom. The van der Waals surface area contributed by atoms with E-state index in [1.165, 1.54) is 36.4 Å². The lowest BCUT2D eigenvalue weighted by Gasteiger charge is -2.53. The Balaban J connectivity index is 1.15. The van der Waals surface area contributed by atoms with E-state index < -0.39 is 55.3 Å². The number of aryl methyl sites for hydroxylation is 1. The molecule has 4 aliphatic heterocycles. The second-order valence-electron chi connectivity index (χ2n) is 18.7. The molecule has 1 saturated heterocycles. The average Bonchev–Trinajstić information content (AvgIpc) is 4.04. The summed E-state index contributed by atoms with van der Waals surface area (Å²) in [6.07, 6.45) is 1.49.